The molecule has 0 fully saturated rings. The first-order chi connectivity index (χ1) is 15.6. The molecule has 4 rings (SSSR count). The van der Waals surface area contributed by atoms with Gasteiger partial charge in [-0.3, -0.25) is 0 Å². The van der Waals surface area contributed by atoms with Gasteiger partial charge in [0.05, 0.1) is 17.4 Å². The quantitative estimate of drug-likeness (QED) is 0.325. The van der Waals surface area contributed by atoms with Crippen LogP contribution in [0.4, 0.5) is 17.6 Å². The number of carbonyl (C=O) groups is 1. The average Bonchev–Trinajstić information content (AvgIpc) is 3.37. The fraction of sp³-hybridized carbons (Fsp3) is 0.130. The third kappa shape index (κ3) is 3.68. The minimum atomic E-state index is -5.16. The molecule has 1 unspecified atom stereocenters. The van der Waals surface area contributed by atoms with Gasteiger partial charge in [-0.25, -0.2) is 13.9 Å². The van der Waals surface area contributed by atoms with Crippen molar-refractivity contribution in [1.29, 1.82) is 0 Å². The van der Waals surface area contributed by atoms with Crippen LogP contribution in [0.25, 0.3) is 16.6 Å². The predicted octanol–water partition coefficient (Wildman–Crippen LogP) is 4.65. The zero-order valence-electron chi connectivity index (χ0n) is 16.9. The normalized spacial score (nSPS) is 13.7. The van der Waals surface area contributed by atoms with E-state index in [9.17, 15) is 32.6 Å². The first-order valence-electron chi connectivity index (χ1n) is 9.64. The van der Waals surface area contributed by atoms with Crippen molar-refractivity contribution in [2.45, 2.75) is 18.3 Å². The van der Waals surface area contributed by atoms with Crippen LogP contribution in [0.5, 0.6) is 0 Å². The molecular formula is C23H17F4N3O3. The Morgan fingerprint density at radius 3 is 2.39 bits per heavy atom. The number of benzene rings is 2. The molecule has 1 atom stereocenters. The van der Waals surface area contributed by atoms with Crippen LogP contribution >= 0.6 is 0 Å². The Morgan fingerprint density at radius 1 is 1.09 bits per heavy atom. The molecule has 170 valence electrons. The number of hydrogen-bond acceptors (Lipinski definition) is 3. The molecule has 2 heterocycles. The number of halogens is 4. The van der Waals surface area contributed by atoms with E-state index in [-0.39, 0.29) is 6.54 Å². The van der Waals surface area contributed by atoms with Crippen LogP contribution in [0.15, 0.2) is 73.6 Å². The average molecular weight is 459 g/mol. The van der Waals surface area contributed by atoms with E-state index < -0.39 is 40.4 Å². The molecule has 0 spiro atoms. The van der Waals surface area contributed by atoms with Crippen molar-refractivity contribution in [3.8, 4) is 5.69 Å². The highest BCUT2D eigenvalue weighted by Crippen LogP contribution is 2.45. The lowest BCUT2D eigenvalue weighted by molar-refractivity contribution is -0.248. The summed E-state index contributed by atoms with van der Waals surface area (Å²) in [4.78, 5) is 11.5. The summed E-state index contributed by atoms with van der Waals surface area (Å²) in [5, 5.41) is 24.8. The van der Waals surface area contributed by atoms with Crippen molar-refractivity contribution in [3.05, 3.63) is 96.2 Å². The van der Waals surface area contributed by atoms with E-state index in [4.69, 9.17) is 0 Å². The van der Waals surface area contributed by atoms with E-state index in [0.29, 0.717) is 16.6 Å². The van der Waals surface area contributed by atoms with Gasteiger partial charge in [0.1, 0.15) is 11.5 Å². The molecule has 0 bridgehead atoms. The molecule has 2 aromatic carbocycles. The minimum Gasteiger partial charge on any atom is -0.477 e. The standard InChI is InChI=1S/C23H17F4N3O3/c1-2-9-29-13-16(11-20(29)21(31)32)22(33,23(25,26)27)15-3-8-19-14(10-15)12-28-30(19)18-6-4-17(24)5-7-18/h2-8,10-13,33H,1,9H2,(H,31,32). The summed E-state index contributed by atoms with van der Waals surface area (Å²) in [6.07, 6.45) is -1.56. The summed E-state index contributed by atoms with van der Waals surface area (Å²) in [6.45, 7) is 3.42. The Hall–Kier alpha value is -3.92. The van der Waals surface area contributed by atoms with Crippen LogP contribution in [-0.2, 0) is 12.1 Å². The highest BCUT2D eigenvalue weighted by Gasteiger charge is 2.57. The van der Waals surface area contributed by atoms with Crippen LogP contribution in [0.1, 0.15) is 21.6 Å². The van der Waals surface area contributed by atoms with Crippen molar-refractivity contribution >= 4 is 16.9 Å². The van der Waals surface area contributed by atoms with Crippen molar-refractivity contribution in [2.24, 2.45) is 0 Å². The second kappa shape index (κ2) is 7.89. The monoisotopic (exact) mass is 459 g/mol. The van der Waals surface area contributed by atoms with Gasteiger partial charge in [0.25, 0.3) is 0 Å². The number of aromatic nitrogens is 3. The van der Waals surface area contributed by atoms with E-state index in [1.165, 1.54) is 47.3 Å². The number of aromatic carboxylic acids is 1. The Kier molecular flexibility index (Phi) is 5.33. The second-order valence-corrected chi connectivity index (χ2v) is 7.37. The number of fused-ring (bicyclic) bond motifs is 1. The maximum Gasteiger partial charge on any atom is 0.425 e. The van der Waals surface area contributed by atoms with E-state index in [2.05, 4.69) is 11.7 Å². The van der Waals surface area contributed by atoms with Crippen LogP contribution in [0, 0.1) is 5.82 Å². The molecule has 0 aliphatic carbocycles. The van der Waals surface area contributed by atoms with Gasteiger partial charge in [-0.2, -0.15) is 18.3 Å². The van der Waals surface area contributed by atoms with Crippen molar-refractivity contribution in [1.82, 2.24) is 14.3 Å². The molecule has 2 aromatic heterocycles. The lowest BCUT2D eigenvalue weighted by Gasteiger charge is -2.30. The number of alkyl halides is 3. The smallest absolute Gasteiger partial charge is 0.425 e. The van der Waals surface area contributed by atoms with Gasteiger partial charge >= 0.3 is 12.1 Å². The third-order valence-corrected chi connectivity index (χ3v) is 5.33. The molecule has 0 saturated carbocycles. The molecule has 0 radical (unpaired) electrons. The van der Waals surface area contributed by atoms with Crippen LogP contribution < -0.4 is 0 Å². The Morgan fingerprint density at radius 2 is 1.79 bits per heavy atom. The molecule has 6 nitrogen and oxygen atoms in total. The first-order valence-corrected chi connectivity index (χ1v) is 9.64. The predicted molar refractivity (Wildman–Crippen MR) is 112 cm³/mol. The molecule has 33 heavy (non-hydrogen) atoms. The molecule has 10 heteroatoms. The summed E-state index contributed by atoms with van der Waals surface area (Å²) in [5.41, 5.74) is -4.11. The van der Waals surface area contributed by atoms with Gasteiger partial charge < -0.3 is 14.8 Å². The first kappa shape index (κ1) is 22.3. The van der Waals surface area contributed by atoms with Crippen LogP contribution in [0.2, 0.25) is 0 Å². The Labute approximate surface area is 184 Å². The minimum absolute atomic E-state index is 0.0565. The zero-order chi connectivity index (χ0) is 24.0. The third-order valence-electron chi connectivity index (χ3n) is 5.33. The molecule has 0 amide bonds. The summed E-state index contributed by atoms with van der Waals surface area (Å²) < 4.78 is 58.4. The van der Waals surface area contributed by atoms with Gasteiger partial charge in [0, 0.05) is 23.7 Å². The largest absolute Gasteiger partial charge is 0.477 e. The zero-order valence-corrected chi connectivity index (χ0v) is 16.9. The van der Waals surface area contributed by atoms with E-state index >= 15 is 0 Å². The van der Waals surface area contributed by atoms with Crippen molar-refractivity contribution < 1.29 is 32.6 Å². The van der Waals surface area contributed by atoms with Gasteiger partial charge in [-0.15, -0.1) is 6.58 Å². The molecule has 0 aliphatic rings. The molecule has 4 aromatic rings. The van der Waals surface area contributed by atoms with Gasteiger partial charge in [0.2, 0.25) is 5.60 Å². The summed E-state index contributed by atoms with van der Waals surface area (Å²) in [6, 6.07) is 9.79. The number of allylic oxidation sites excluding steroid dienone is 1. The fourth-order valence-corrected chi connectivity index (χ4v) is 3.72. The molecule has 2 N–H and O–H groups in total. The fourth-order valence-electron chi connectivity index (χ4n) is 3.72. The molecule has 0 saturated heterocycles. The van der Waals surface area contributed by atoms with Gasteiger partial charge in [0.15, 0.2) is 0 Å². The molecular weight excluding hydrogens is 442 g/mol. The molecule has 0 aliphatic heterocycles. The highest BCUT2D eigenvalue weighted by atomic mass is 19.4. The maximum atomic E-state index is 14.2. The van der Waals surface area contributed by atoms with Crippen molar-refractivity contribution in [3.63, 3.8) is 0 Å². The van der Waals surface area contributed by atoms with E-state index in [0.717, 1.165) is 29.0 Å². The second-order valence-electron chi connectivity index (χ2n) is 7.37. The lowest BCUT2D eigenvalue weighted by Crippen LogP contribution is -2.43. The van der Waals surface area contributed by atoms with Crippen LogP contribution in [-0.4, -0.2) is 36.7 Å². The Balaban J connectivity index is 1.87. The summed E-state index contributed by atoms with van der Waals surface area (Å²) in [5.74, 6) is -1.89. The lowest BCUT2D eigenvalue weighted by atomic mass is 9.86. The number of nitrogens with zero attached hydrogens (tertiary/aromatic N) is 3. The van der Waals surface area contributed by atoms with E-state index in [1.807, 2.05) is 0 Å². The number of aliphatic hydroxyl groups is 1. The maximum absolute atomic E-state index is 14.2. The topological polar surface area (TPSA) is 80.3 Å². The van der Waals surface area contributed by atoms with E-state index in [1.54, 1.807) is 0 Å². The summed E-state index contributed by atoms with van der Waals surface area (Å²) >= 11 is 0. The SMILES string of the molecule is C=CCn1cc(C(O)(c2ccc3c(cnn3-c3ccc(F)cc3)c2)C(F)(F)F)cc1C(=O)O. The summed E-state index contributed by atoms with van der Waals surface area (Å²) in [7, 11) is 0. The number of rotatable bonds is 6. The Bertz CT molecular complexity index is 1360. The van der Waals surface area contributed by atoms with Crippen molar-refractivity contribution in [2.75, 3.05) is 0 Å². The number of carboxylic acid groups (broad SMARTS) is 1. The number of hydrogen-bond donors (Lipinski definition) is 2. The van der Waals surface area contributed by atoms with Gasteiger partial charge in [-0.05, 0) is 48.0 Å². The van der Waals surface area contributed by atoms with Crippen LogP contribution in [0.3, 0.4) is 0 Å². The number of carboxylic acids is 1. The highest BCUT2D eigenvalue weighted by molar-refractivity contribution is 5.86. The van der Waals surface area contributed by atoms with Gasteiger partial charge in [-0.1, -0.05) is 12.1 Å².